The monoisotopic (exact) mass is 440 g/mol. The molecule has 0 aliphatic carbocycles. The lowest BCUT2D eigenvalue weighted by molar-refractivity contribution is 0.0955. The maximum Gasteiger partial charge on any atom is 0.251 e. The maximum absolute atomic E-state index is 12.6. The number of amidine groups is 1. The van der Waals surface area contributed by atoms with Gasteiger partial charge in [0.2, 0.25) is 0 Å². The van der Waals surface area contributed by atoms with Gasteiger partial charge >= 0.3 is 0 Å². The molecule has 0 radical (unpaired) electrons. The van der Waals surface area contributed by atoms with E-state index in [-0.39, 0.29) is 11.7 Å². The minimum atomic E-state index is -0.107. The molecule has 1 amide bonds. The molecule has 0 atom stereocenters. The van der Waals surface area contributed by atoms with Crippen LogP contribution < -0.4 is 16.4 Å². The molecule has 0 saturated heterocycles. The summed E-state index contributed by atoms with van der Waals surface area (Å²) in [5.74, 6) is 0.930. The number of aromatic nitrogens is 2. The highest BCUT2D eigenvalue weighted by Gasteiger charge is 2.12. The first-order valence-corrected chi connectivity index (χ1v) is 11.0. The van der Waals surface area contributed by atoms with Crippen molar-refractivity contribution >= 4 is 28.5 Å². The van der Waals surface area contributed by atoms with Crippen molar-refractivity contribution in [3.05, 3.63) is 95.3 Å². The molecule has 3 aromatic carbocycles. The van der Waals surface area contributed by atoms with Crippen LogP contribution in [-0.2, 0) is 19.9 Å². The lowest BCUT2D eigenvalue weighted by Gasteiger charge is -2.08. The smallest absolute Gasteiger partial charge is 0.251 e. The first-order chi connectivity index (χ1) is 16.0. The average molecular weight is 441 g/mol. The summed E-state index contributed by atoms with van der Waals surface area (Å²) in [6, 6.07) is 23.3. The SMILES string of the molecule is Cn1c(CCc2ccc(C(=N)N)cc2)nc2cc(C(=O)NCCNc3ccccc3)ccc21. The molecule has 0 saturated carbocycles. The fourth-order valence-corrected chi connectivity index (χ4v) is 3.76. The second-order valence-corrected chi connectivity index (χ2v) is 7.95. The molecule has 4 rings (SSSR count). The Morgan fingerprint density at radius 2 is 1.70 bits per heavy atom. The van der Waals surface area contributed by atoms with E-state index in [1.165, 1.54) is 0 Å². The summed E-state index contributed by atoms with van der Waals surface area (Å²) < 4.78 is 2.07. The number of benzene rings is 3. The van der Waals surface area contributed by atoms with Crippen molar-refractivity contribution in [3.63, 3.8) is 0 Å². The van der Waals surface area contributed by atoms with Crippen LogP contribution >= 0.6 is 0 Å². The molecule has 4 aromatic rings. The molecule has 0 aliphatic rings. The Morgan fingerprint density at radius 3 is 2.42 bits per heavy atom. The molecule has 0 bridgehead atoms. The highest BCUT2D eigenvalue weighted by molar-refractivity contribution is 5.97. The number of carbonyl (C=O) groups is 1. The summed E-state index contributed by atoms with van der Waals surface area (Å²) in [7, 11) is 2.00. The predicted molar refractivity (Wildman–Crippen MR) is 133 cm³/mol. The molecule has 7 nitrogen and oxygen atoms in total. The lowest BCUT2D eigenvalue weighted by Crippen LogP contribution is -2.28. The molecular weight excluding hydrogens is 412 g/mol. The predicted octanol–water partition coefficient (Wildman–Crippen LogP) is 3.48. The number of aryl methyl sites for hydroxylation is 3. The van der Waals surface area contributed by atoms with E-state index < -0.39 is 0 Å². The van der Waals surface area contributed by atoms with Gasteiger partial charge in [0.1, 0.15) is 11.7 Å². The van der Waals surface area contributed by atoms with E-state index in [1.807, 2.05) is 79.8 Å². The molecular formula is C26H28N6O. The van der Waals surface area contributed by atoms with Gasteiger partial charge < -0.3 is 20.9 Å². The van der Waals surface area contributed by atoms with E-state index in [0.717, 1.165) is 46.5 Å². The average Bonchev–Trinajstić information content (AvgIpc) is 3.16. The van der Waals surface area contributed by atoms with Gasteiger partial charge in [0.25, 0.3) is 5.91 Å². The zero-order valence-corrected chi connectivity index (χ0v) is 18.6. The number of hydrogen-bond donors (Lipinski definition) is 4. The third kappa shape index (κ3) is 5.38. The van der Waals surface area contributed by atoms with Crippen LogP contribution in [0.5, 0.6) is 0 Å². The highest BCUT2D eigenvalue weighted by atomic mass is 16.1. The first-order valence-electron chi connectivity index (χ1n) is 11.0. The lowest BCUT2D eigenvalue weighted by atomic mass is 10.1. The van der Waals surface area contributed by atoms with Gasteiger partial charge in [0, 0.05) is 43.4 Å². The van der Waals surface area contributed by atoms with Crippen molar-refractivity contribution in [3.8, 4) is 0 Å². The van der Waals surface area contributed by atoms with Gasteiger partial charge in [-0.1, -0.05) is 42.5 Å². The summed E-state index contributed by atoms with van der Waals surface area (Å²) in [5, 5.41) is 13.7. The molecule has 168 valence electrons. The van der Waals surface area contributed by atoms with E-state index in [0.29, 0.717) is 18.7 Å². The molecule has 0 aliphatic heterocycles. The summed E-state index contributed by atoms with van der Waals surface area (Å²) >= 11 is 0. The molecule has 5 N–H and O–H groups in total. The van der Waals surface area contributed by atoms with Gasteiger partial charge in [-0.3, -0.25) is 10.2 Å². The first kappa shape index (κ1) is 22.1. The van der Waals surface area contributed by atoms with Crippen molar-refractivity contribution in [1.29, 1.82) is 5.41 Å². The summed E-state index contributed by atoms with van der Waals surface area (Å²) in [5.41, 5.74) is 10.9. The van der Waals surface area contributed by atoms with Crippen LogP contribution in [0.2, 0.25) is 0 Å². The quantitative estimate of drug-likeness (QED) is 0.181. The van der Waals surface area contributed by atoms with Crippen LogP contribution in [0, 0.1) is 5.41 Å². The Balaban J connectivity index is 1.36. The maximum atomic E-state index is 12.6. The van der Waals surface area contributed by atoms with Gasteiger partial charge in [-0.15, -0.1) is 0 Å². The Morgan fingerprint density at radius 1 is 0.970 bits per heavy atom. The Labute approximate surface area is 193 Å². The van der Waals surface area contributed by atoms with Gasteiger partial charge in [-0.05, 0) is 42.3 Å². The number of anilines is 1. The number of nitrogen functional groups attached to an aromatic ring is 1. The number of imidazole rings is 1. The number of para-hydroxylation sites is 1. The summed E-state index contributed by atoms with van der Waals surface area (Å²) in [6.07, 6.45) is 1.61. The number of rotatable bonds is 9. The van der Waals surface area contributed by atoms with Gasteiger partial charge in [0.05, 0.1) is 11.0 Å². The Bertz CT molecular complexity index is 1260. The van der Waals surface area contributed by atoms with Gasteiger partial charge in [-0.2, -0.15) is 0 Å². The molecule has 33 heavy (non-hydrogen) atoms. The molecule has 1 aromatic heterocycles. The van der Waals surface area contributed by atoms with Crippen LogP contribution in [0.4, 0.5) is 5.69 Å². The topological polar surface area (TPSA) is 109 Å². The van der Waals surface area contributed by atoms with Crippen LogP contribution in [0.1, 0.15) is 27.3 Å². The van der Waals surface area contributed by atoms with Crippen LogP contribution in [0.15, 0.2) is 72.8 Å². The van der Waals surface area contributed by atoms with E-state index in [4.69, 9.17) is 16.1 Å². The van der Waals surface area contributed by atoms with Crippen LogP contribution in [0.3, 0.4) is 0 Å². The van der Waals surface area contributed by atoms with Gasteiger partial charge in [0.15, 0.2) is 0 Å². The largest absolute Gasteiger partial charge is 0.384 e. The Hall–Kier alpha value is -4.13. The summed E-state index contributed by atoms with van der Waals surface area (Å²) in [6.45, 7) is 1.18. The normalized spacial score (nSPS) is 10.8. The van der Waals surface area contributed by atoms with Crippen molar-refractivity contribution in [2.24, 2.45) is 12.8 Å². The Kier molecular flexibility index (Phi) is 6.69. The fraction of sp³-hybridized carbons (Fsp3) is 0.192. The molecule has 0 fully saturated rings. The molecule has 0 unspecified atom stereocenters. The standard InChI is InChI=1S/C26H28N6O/c1-32-23-13-12-20(26(33)30-16-15-29-21-5-3-2-4-6-21)17-22(23)31-24(32)14-9-18-7-10-19(11-8-18)25(27)28/h2-8,10-13,17,29H,9,14-16H2,1H3,(H3,27,28)(H,30,33). The number of nitrogens with zero attached hydrogens (tertiary/aromatic N) is 2. The van der Waals surface area contributed by atoms with Crippen molar-refractivity contribution in [2.45, 2.75) is 12.8 Å². The van der Waals surface area contributed by atoms with Crippen molar-refractivity contribution < 1.29 is 4.79 Å². The second-order valence-electron chi connectivity index (χ2n) is 7.95. The number of amides is 1. The number of carbonyl (C=O) groups excluding carboxylic acids is 1. The van der Waals surface area contributed by atoms with Crippen molar-refractivity contribution in [1.82, 2.24) is 14.9 Å². The van der Waals surface area contributed by atoms with Gasteiger partial charge in [-0.25, -0.2) is 4.98 Å². The van der Waals surface area contributed by atoms with Crippen LogP contribution in [0.25, 0.3) is 11.0 Å². The number of fused-ring (bicyclic) bond motifs is 1. The van der Waals surface area contributed by atoms with Crippen LogP contribution in [-0.4, -0.2) is 34.4 Å². The fourth-order valence-electron chi connectivity index (χ4n) is 3.76. The number of nitrogens with two attached hydrogens (primary N) is 1. The third-order valence-corrected chi connectivity index (χ3v) is 5.65. The minimum Gasteiger partial charge on any atom is -0.384 e. The van der Waals surface area contributed by atoms with E-state index in [1.54, 1.807) is 0 Å². The zero-order chi connectivity index (χ0) is 23.2. The molecule has 0 spiro atoms. The highest BCUT2D eigenvalue weighted by Crippen LogP contribution is 2.18. The number of nitrogens with one attached hydrogen (secondary N) is 3. The van der Waals surface area contributed by atoms with E-state index >= 15 is 0 Å². The third-order valence-electron chi connectivity index (χ3n) is 5.65. The number of hydrogen-bond acceptors (Lipinski definition) is 4. The molecule has 7 heteroatoms. The van der Waals surface area contributed by atoms with Crippen molar-refractivity contribution in [2.75, 3.05) is 18.4 Å². The summed E-state index contributed by atoms with van der Waals surface area (Å²) in [4.78, 5) is 17.3. The van der Waals surface area contributed by atoms with E-state index in [2.05, 4.69) is 15.2 Å². The molecule has 1 heterocycles. The second kappa shape index (κ2) is 9.99. The van der Waals surface area contributed by atoms with E-state index in [9.17, 15) is 4.79 Å². The zero-order valence-electron chi connectivity index (χ0n) is 18.6. The minimum absolute atomic E-state index is 0.0733.